The fourth-order valence-electron chi connectivity index (χ4n) is 1.71. The van der Waals surface area contributed by atoms with Crippen molar-refractivity contribution in [2.45, 2.75) is 39.7 Å². The number of carbonyl (C=O) groups is 1. The van der Waals surface area contributed by atoms with Crippen molar-refractivity contribution in [3.8, 4) is 0 Å². The van der Waals surface area contributed by atoms with Crippen LogP contribution in [0.2, 0.25) is 0 Å². The Hall–Kier alpha value is -1.21. The average molecular weight is 285 g/mol. The van der Waals surface area contributed by atoms with Crippen molar-refractivity contribution in [2.24, 2.45) is 5.73 Å². The second-order valence-corrected chi connectivity index (χ2v) is 5.26. The van der Waals surface area contributed by atoms with Crippen LogP contribution in [0.3, 0.4) is 0 Å². The zero-order valence-electron chi connectivity index (χ0n) is 11.7. The molecule has 108 valence electrons. The summed E-state index contributed by atoms with van der Waals surface area (Å²) in [4.78, 5) is 13.1. The zero-order valence-corrected chi connectivity index (χ0v) is 12.5. The molecule has 0 atom stereocenters. The van der Waals surface area contributed by atoms with Crippen molar-refractivity contribution >= 4 is 22.4 Å². The molecule has 1 amide bonds. The molecule has 0 unspecified atom stereocenters. The second-order valence-electron chi connectivity index (χ2n) is 4.51. The minimum Gasteiger partial charge on any atom is -0.374 e. The molecule has 7 heteroatoms. The molecular formula is C12H23N5OS. The maximum Gasteiger partial charge on any atom is 0.231 e. The topological polar surface area (TPSA) is 84.1 Å². The Labute approximate surface area is 118 Å². The fraction of sp³-hybridized carbons (Fsp3) is 0.750. The van der Waals surface area contributed by atoms with Gasteiger partial charge in [0.25, 0.3) is 0 Å². The summed E-state index contributed by atoms with van der Waals surface area (Å²) in [6, 6.07) is 0. The van der Waals surface area contributed by atoms with Gasteiger partial charge in [0.05, 0.1) is 6.54 Å². The van der Waals surface area contributed by atoms with Gasteiger partial charge in [-0.05, 0) is 19.4 Å². The van der Waals surface area contributed by atoms with Crippen LogP contribution in [0.15, 0.2) is 0 Å². The number of aromatic nitrogens is 2. The first kappa shape index (κ1) is 15.8. The summed E-state index contributed by atoms with van der Waals surface area (Å²) in [6.45, 7) is 6.88. The van der Waals surface area contributed by atoms with Gasteiger partial charge in [-0.2, -0.15) is 0 Å². The van der Waals surface area contributed by atoms with E-state index in [-0.39, 0.29) is 12.5 Å². The standard InChI is InChI=1S/C12H23N5OS/c1-3-5-7-17(9-11(13)18)8-10-12(14-6-4-2)19-16-15-10/h14H,3-9H2,1-2H3,(H2,13,18). The maximum absolute atomic E-state index is 11.1. The molecule has 1 heterocycles. The molecule has 0 aliphatic heterocycles. The van der Waals surface area contributed by atoms with Crippen molar-refractivity contribution in [1.29, 1.82) is 0 Å². The summed E-state index contributed by atoms with van der Waals surface area (Å²) in [6.07, 6.45) is 3.19. The molecular weight excluding hydrogens is 262 g/mol. The first-order valence-corrected chi connectivity index (χ1v) is 7.50. The molecule has 19 heavy (non-hydrogen) atoms. The third-order valence-electron chi connectivity index (χ3n) is 2.67. The average Bonchev–Trinajstić information content (AvgIpc) is 2.80. The third-order valence-corrected chi connectivity index (χ3v) is 3.40. The van der Waals surface area contributed by atoms with Gasteiger partial charge >= 0.3 is 0 Å². The van der Waals surface area contributed by atoms with Crippen molar-refractivity contribution in [1.82, 2.24) is 14.5 Å². The van der Waals surface area contributed by atoms with E-state index in [1.165, 1.54) is 11.5 Å². The Bertz CT molecular complexity index is 382. The van der Waals surface area contributed by atoms with Gasteiger partial charge in [0.15, 0.2) is 0 Å². The van der Waals surface area contributed by atoms with Crippen molar-refractivity contribution in [2.75, 3.05) is 25.0 Å². The molecule has 6 nitrogen and oxygen atoms in total. The minimum absolute atomic E-state index is 0.269. The van der Waals surface area contributed by atoms with Crippen LogP contribution in [0.1, 0.15) is 38.8 Å². The molecule has 0 fully saturated rings. The normalized spacial score (nSPS) is 10.9. The van der Waals surface area contributed by atoms with Crippen LogP contribution in [0.25, 0.3) is 0 Å². The number of carbonyl (C=O) groups excluding carboxylic acids is 1. The number of nitrogens with zero attached hydrogens (tertiary/aromatic N) is 3. The number of nitrogens with two attached hydrogens (primary N) is 1. The van der Waals surface area contributed by atoms with Gasteiger partial charge in [-0.15, -0.1) is 5.10 Å². The van der Waals surface area contributed by atoms with E-state index in [1.807, 2.05) is 4.90 Å². The smallest absolute Gasteiger partial charge is 0.231 e. The molecule has 0 saturated heterocycles. The lowest BCUT2D eigenvalue weighted by Gasteiger charge is -2.19. The van der Waals surface area contributed by atoms with E-state index in [2.05, 4.69) is 28.8 Å². The maximum atomic E-state index is 11.1. The zero-order chi connectivity index (χ0) is 14.1. The predicted molar refractivity (Wildman–Crippen MR) is 78.1 cm³/mol. The number of hydrogen-bond donors (Lipinski definition) is 2. The van der Waals surface area contributed by atoms with Crippen LogP contribution >= 0.6 is 11.5 Å². The van der Waals surface area contributed by atoms with Crippen LogP contribution in [0, 0.1) is 0 Å². The lowest BCUT2D eigenvalue weighted by molar-refractivity contribution is -0.119. The molecule has 0 radical (unpaired) electrons. The monoisotopic (exact) mass is 285 g/mol. The van der Waals surface area contributed by atoms with E-state index in [9.17, 15) is 4.79 Å². The molecule has 0 aromatic carbocycles. The largest absolute Gasteiger partial charge is 0.374 e. The van der Waals surface area contributed by atoms with Crippen LogP contribution in [-0.4, -0.2) is 40.0 Å². The Balaban J connectivity index is 2.61. The van der Waals surface area contributed by atoms with Crippen molar-refractivity contribution in [3.63, 3.8) is 0 Å². The van der Waals surface area contributed by atoms with Gasteiger partial charge in [-0.25, -0.2) is 0 Å². The van der Waals surface area contributed by atoms with Crippen LogP contribution in [0.5, 0.6) is 0 Å². The van der Waals surface area contributed by atoms with E-state index in [4.69, 9.17) is 5.73 Å². The molecule has 0 aliphatic rings. The molecule has 1 aromatic rings. The lowest BCUT2D eigenvalue weighted by Crippen LogP contribution is -2.34. The van der Waals surface area contributed by atoms with Gasteiger partial charge in [0.1, 0.15) is 10.7 Å². The number of primary amides is 1. The summed E-state index contributed by atoms with van der Waals surface area (Å²) < 4.78 is 3.97. The predicted octanol–water partition coefficient (Wildman–Crippen LogP) is 1.45. The highest BCUT2D eigenvalue weighted by Crippen LogP contribution is 2.19. The molecule has 1 rings (SSSR count). The number of rotatable bonds is 10. The van der Waals surface area contributed by atoms with Crippen molar-refractivity contribution < 1.29 is 4.79 Å². The molecule has 1 aromatic heterocycles. The van der Waals surface area contributed by atoms with Gasteiger partial charge in [-0.3, -0.25) is 9.69 Å². The molecule has 0 spiro atoms. The quantitative estimate of drug-likeness (QED) is 0.679. The van der Waals surface area contributed by atoms with E-state index >= 15 is 0 Å². The number of anilines is 1. The summed E-state index contributed by atoms with van der Waals surface area (Å²) in [5, 5.41) is 8.44. The Morgan fingerprint density at radius 1 is 1.42 bits per heavy atom. The fourth-order valence-corrected chi connectivity index (χ4v) is 2.31. The second kappa shape index (κ2) is 8.82. The van der Waals surface area contributed by atoms with Crippen LogP contribution in [0.4, 0.5) is 5.00 Å². The first-order valence-electron chi connectivity index (χ1n) is 6.73. The third kappa shape index (κ3) is 5.98. The summed E-state index contributed by atoms with van der Waals surface area (Å²) in [7, 11) is 0. The Morgan fingerprint density at radius 2 is 2.21 bits per heavy atom. The van der Waals surface area contributed by atoms with Gasteiger partial charge in [0.2, 0.25) is 5.91 Å². The summed E-state index contributed by atoms with van der Waals surface area (Å²) in [5.41, 5.74) is 6.18. The number of amides is 1. The van der Waals surface area contributed by atoms with Gasteiger partial charge < -0.3 is 11.1 Å². The van der Waals surface area contributed by atoms with E-state index in [0.29, 0.717) is 6.54 Å². The molecule has 0 saturated carbocycles. The lowest BCUT2D eigenvalue weighted by atomic mass is 10.3. The Kier molecular flexibility index (Phi) is 7.35. The highest BCUT2D eigenvalue weighted by Gasteiger charge is 2.14. The SMILES string of the molecule is CCCCN(CC(N)=O)Cc1nnsc1NCCC. The highest BCUT2D eigenvalue weighted by molar-refractivity contribution is 7.10. The highest BCUT2D eigenvalue weighted by atomic mass is 32.1. The van der Waals surface area contributed by atoms with E-state index < -0.39 is 0 Å². The number of hydrogen-bond acceptors (Lipinski definition) is 6. The molecule has 3 N–H and O–H groups in total. The van der Waals surface area contributed by atoms with E-state index in [0.717, 1.165) is 43.0 Å². The van der Waals surface area contributed by atoms with Gasteiger partial charge in [-0.1, -0.05) is 24.8 Å². The van der Waals surface area contributed by atoms with Gasteiger partial charge in [0, 0.05) is 24.6 Å². The molecule has 0 bridgehead atoms. The molecule has 0 aliphatic carbocycles. The summed E-state index contributed by atoms with van der Waals surface area (Å²) in [5.74, 6) is -0.303. The van der Waals surface area contributed by atoms with E-state index in [1.54, 1.807) is 0 Å². The van der Waals surface area contributed by atoms with Crippen LogP contribution < -0.4 is 11.1 Å². The van der Waals surface area contributed by atoms with Crippen molar-refractivity contribution in [3.05, 3.63) is 5.69 Å². The summed E-state index contributed by atoms with van der Waals surface area (Å²) >= 11 is 1.36. The Morgan fingerprint density at radius 3 is 2.84 bits per heavy atom. The first-order chi connectivity index (χ1) is 9.17. The number of unbranched alkanes of at least 4 members (excludes halogenated alkanes) is 1. The number of nitrogens with one attached hydrogen (secondary N) is 1. The van der Waals surface area contributed by atoms with Crippen LogP contribution in [-0.2, 0) is 11.3 Å². The minimum atomic E-state index is -0.303.